The summed E-state index contributed by atoms with van der Waals surface area (Å²) in [6.45, 7) is 0. The normalized spacial score (nSPS) is 11.6. The summed E-state index contributed by atoms with van der Waals surface area (Å²) in [4.78, 5) is 5.10. The van der Waals surface area contributed by atoms with Gasteiger partial charge >= 0.3 is 0 Å². The van der Waals surface area contributed by atoms with Crippen LogP contribution in [-0.2, 0) is 0 Å². The molecule has 2 N–H and O–H groups in total. The van der Waals surface area contributed by atoms with Crippen LogP contribution in [0.4, 0.5) is 0 Å². The van der Waals surface area contributed by atoms with Crippen LogP contribution in [0.25, 0.3) is 77.1 Å². The molecule has 4 heteroatoms. The Morgan fingerprint density at radius 3 is 1.40 bits per heavy atom. The molecule has 58 heavy (non-hydrogen) atoms. The van der Waals surface area contributed by atoms with E-state index >= 15 is 0 Å². The molecule has 0 atom stereocenters. The standard InChI is InChI=1S/C54H38N4/c55-53(43-29-25-40(26-30-43)37-15-5-1-6-16-37)56-54(44-31-27-41(28-32-44)38-17-7-2-8-18-38)57-58-50-35-45(39-19-9-3-10-20-39)33-34-48(50)52-47-24-14-13-23-46(47)49(36-51(52)58)42-21-11-4-12-22-42/h1-36H,(H2,55,56,57). The number of aromatic nitrogens is 1. The number of rotatable bonds is 7. The Hall–Kier alpha value is -7.82. The molecule has 1 heterocycles. The Labute approximate surface area is 337 Å². The van der Waals surface area contributed by atoms with Gasteiger partial charge < -0.3 is 0 Å². The summed E-state index contributed by atoms with van der Waals surface area (Å²) in [7, 11) is 0. The van der Waals surface area contributed by atoms with Crippen molar-refractivity contribution in [3.63, 3.8) is 0 Å². The lowest BCUT2D eigenvalue weighted by molar-refractivity contribution is 1.08. The Morgan fingerprint density at radius 1 is 0.379 bits per heavy atom. The Balaban J connectivity index is 1.18. The first-order valence-corrected chi connectivity index (χ1v) is 19.5. The Kier molecular flexibility index (Phi) is 8.97. The number of hydrogen-bond acceptors (Lipinski definition) is 1. The quantitative estimate of drug-likeness (QED) is 0.124. The van der Waals surface area contributed by atoms with Crippen LogP contribution in [0.2, 0.25) is 0 Å². The van der Waals surface area contributed by atoms with Crippen molar-refractivity contribution in [1.29, 1.82) is 5.41 Å². The first-order valence-electron chi connectivity index (χ1n) is 19.5. The molecule has 10 rings (SSSR count). The summed E-state index contributed by atoms with van der Waals surface area (Å²) in [5, 5.41) is 14.0. The fourth-order valence-corrected chi connectivity index (χ4v) is 8.00. The van der Waals surface area contributed by atoms with E-state index in [9.17, 15) is 5.41 Å². The maximum atomic E-state index is 9.38. The smallest absolute Gasteiger partial charge is 0.154 e. The van der Waals surface area contributed by atoms with Crippen molar-refractivity contribution < 1.29 is 0 Å². The van der Waals surface area contributed by atoms with Crippen molar-refractivity contribution in [2.75, 3.05) is 5.43 Å². The summed E-state index contributed by atoms with van der Waals surface area (Å²) >= 11 is 0. The minimum absolute atomic E-state index is 0.162. The minimum atomic E-state index is 0.162. The molecular formula is C54H38N4. The SMILES string of the molecule is N=C(N=C(Nn1c2cc(-c3ccccc3)ccc2c2c3ccccc3c(-c3ccccc3)cc21)c1ccc(-c2ccccc2)cc1)c1ccc(-c2ccccc2)cc1. The summed E-state index contributed by atoms with van der Waals surface area (Å²) in [6, 6.07) is 76.0. The molecule has 0 saturated carbocycles. The van der Waals surface area contributed by atoms with Gasteiger partial charge in [0, 0.05) is 21.9 Å². The average Bonchev–Trinajstić information content (AvgIpc) is 3.62. The third-order valence-electron chi connectivity index (χ3n) is 10.9. The van der Waals surface area contributed by atoms with Crippen LogP contribution in [-0.4, -0.2) is 16.3 Å². The van der Waals surface area contributed by atoms with Gasteiger partial charge in [0.1, 0.15) is 0 Å². The highest BCUT2D eigenvalue weighted by Crippen LogP contribution is 2.41. The van der Waals surface area contributed by atoms with E-state index in [0.29, 0.717) is 5.84 Å². The molecule has 0 amide bonds. The zero-order valence-electron chi connectivity index (χ0n) is 31.7. The van der Waals surface area contributed by atoms with Gasteiger partial charge in [0.2, 0.25) is 0 Å². The van der Waals surface area contributed by atoms with Gasteiger partial charge in [0.15, 0.2) is 11.7 Å². The number of nitrogens with one attached hydrogen (secondary N) is 2. The van der Waals surface area contributed by atoms with E-state index in [1.54, 1.807) is 0 Å². The first-order chi connectivity index (χ1) is 28.7. The summed E-state index contributed by atoms with van der Waals surface area (Å²) < 4.78 is 2.17. The molecule has 0 spiro atoms. The molecule has 1 aromatic heterocycles. The maximum Gasteiger partial charge on any atom is 0.154 e. The van der Waals surface area contributed by atoms with Gasteiger partial charge in [0.05, 0.1) is 11.0 Å². The lowest BCUT2D eigenvalue weighted by Crippen LogP contribution is -2.25. The summed E-state index contributed by atoms with van der Waals surface area (Å²) in [6.07, 6.45) is 0. The monoisotopic (exact) mass is 742 g/mol. The fourth-order valence-electron chi connectivity index (χ4n) is 8.00. The zero-order chi connectivity index (χ0) is 38.8. The number of aliphatic imine (C=N–C) groups is 1. The van der Waals surface area contributed by atoms with Crippen LogP contribution in [0, 0.1) is 5.41 Å². The molecule has 0 aliphatic rings. The van der Waals surface area contributed by atoms with Crippen LogP contribution in [0.1, 0.15) is 11.1 Å². The van der Waals surface area contributed by atoms with Gasteiger partial charge in [-0.3, -0.25) is 15.5 Å². The molecular weight excluding hydrogens is 705 g/mol. The van der Waals surface area contributed by atoms with E-state index < -0.39 is 0 Å². The predicted octanol–water partition coefficient (Wildman–Crippen LogP) is 13.6. The second-order valence-electron chi connectivity index (χ2n) is 14.5. The van der Waals surface area contributed by atoms with Gasteiger partial charge in [-0.05, 0) is 67.4 Å². The van der Waals surface area contributed by atoms with Crippen molar-refractivity contribution in [2.45, 2.75) is 0 Å². The van der Waals surface area contributed by atoms with Gasteiger partial charge in [0.25, 0.3) is 0 Å². The minimum Gasteiger partial charge on any atom is -0.282 e. The fraction of sp³-hybridized carbons (Fsp3) is 0. The molecule has 0 bridgehead atoms. The van der Waals surface area contributed by atoms with Gasteiger partial charge in [-0.2, -0.15) is 0 Å². The highest BCUT2D eigenvalue weighted by atomic mass is 15.4. The largest absolute Gasteiger partial charge is 0.282 e. The van der Waals surface area contributed by atoms with Gasteiger partial charge in [-0.15, -0.1) is 0 Å². The van der Waals surface area contributed by atoms with Crippen LogP contribution < -0.4 is 5.43 Å². The zero-order valence-corrected chi connectivity index (χ0v) is 31.7. The van der Waals surface area contributed by atoms with Crippen molar-refractivity contribution >= 4 is 44.2 Å². The molecule has 274 valence electrons. The van der Waals surface area contributed by atoms with Crippen LogP contribution in [0.5, 0.6) is 0 Å². The molecule has 0 radical (unpaired) electrons. The topological polar surface area (TPSA) is 53.2 Å². The lowest BCUT2D eigenvalue weighted by atomic mass is 9.94. The van der Waals surface area contributed by atoms with Crippen LogP contribution >= 0.6 is 0 Å². The molecule has 0 fully saturated rings. The molecule has 9 aromatic carbocycles. The van der Waals surface area contributed by atoms with Crippen molar-refractivity contribution in [1.82, 2.24) is 4.68 Å². The summed E-state index contributed by atoms with van der Waals surface area (Å²) in [5.74, 6) is 0.727. The number of amidine groups is 2. The van der Waals surface area contributed by atoms with Gasteiger partial charge in [-0.25, -0.2) is 4.99 Å². The highest BCUT2D eigenvalue weighted by Gasteiger charge is 2.20. The average molecular weight is 743 g/mol. The molecule has 0 aliphatic heterocycles. The molecule has 10 aromatic rings. The number of hydrogen-bond donors (Lipinski definition) is 2. The maximum absolute atomic E-state index is 9.38. The van der Waals surface area contributed by atoms with Gasteiger partial charge in [-0.1, -0.05) is 206 Å². The predicted molar refractivity (Wildman–Crippen MR) is 244 cm³/mol. The molecule has 4 nitrogen and oxygen atoms in total. The van der Waals surface area contributed by atoms with E-state index in [1.807, 2.05) is 42.5 Å². The molecule has 0 unspecified atom stereocenters. The van der Waals surface area contributed by atoms with Crippen LogP contribution in [0.3, 0.4) is 0 Å². The second-order valence-corrected chi connectivity index (χ2v) is 14.5. The van der Waals surface area contributed by atoms with E-state index in [2.05, 4.69) is 186 Å². The highest BCUT2D eigenvalue weighted by molar-refractivity contribution is 6.25. The number of fused-ring (bicyclic) bond motifs is 5. The molecule has 0 aliphatic carbocycles. The van der Waals surface area contributed by atoms with Crippen molar-refractivity contribution in [3.8, 4) is 44.5 Å². The third-order valence-corrected chi connectivity index (χ3v) is 10.9. The first kappa shape index (κ1) is 34.7. The van der Waals surface area contributed by atoms with Crippen LogP contribution in [0.15, 0.2) is 223 Å². The number of benzene rings is 9. The summed E-state index contributed by atoms with van der Waals surface area (Å²) in [5.41, 5.74) is 16.5. The van der Waals surface area contributed by atoms with E-state index in [0.717, 1.165) is 77.4 Å². The van der Waals surface area contributed by atoms with E-state index in [-0.39, 0.29) is 5.84 Å². The third kappa shape index (κ3) is 6.53. The Morgan fingerprint density at radius 2 is 0.828 bits per heavy atom. The van der Waals surface area contributed by atoms with E-state index in [4.69, 9.17) is 4.99 Å². The second kappa shape index (κ2) is 15.0. The Bertz CT molecular complexity index is 3100. The van der Waals surface area contributed by atoms with E-state index in [1.165, 1.54) is 10.8 Å². The molecule has 0 saturated heterocycles. The van der Waals surface area contributed by atoms with Crippen molar-refractivity contribution in [3.05, 3.63) is 230 Å². The number of nitrogens with zero attached hydrogens (tertiary/aromatic N) is 2. The lowest BCUT2D eigenvalue weighted by Gasteiger charge is -2.16. The van der Waals surface area contributed by atoms with Crippen molar-refractivity contribution in [2.24, 2.45) is 4.99 Å².